The monoisotopic (exact) mass is 394 g/mol. The second-order valence-electron chi connectivity index (χ2n) is 7.04. The van der Waals surface area contributed by atoms with Crippen molar-refractivity contribution in [3.8, 4) is 0 Å². The average molecular weight is 394 g/mol. The van der Waals surface area contributed by atoms with Gasteiger partial charge < -0.3 is 14.4 Å². The van der Waals surface area contributed by atoms with Crippen molar-refractivity contribution in [1.29, 1.82) is 0 Å². The van der Waals surface area contributed by atoms with Gasteiger partial charge in [0, 0.05) is 19.2 Å². The Morgan fingerprint density at radius 3 is 2.62 bits per heavy atom. The second-order valence-corrected chi connectivity index (χ2v) is 7.04. The number of hydrogen-bond acceptors (Lipinski definition) is 5. The van der Waals surface area contributed by atoms with Crippen LogP contribution in [0.4, 0.5) is 0 Å². The molecule has 0 saturated carbocycles. The number of amides is 3. The molecule has 1 atom stereocenters. The number of fused-ring (bicyclic) bond motifs is 1. The van der Waals surface area contributed by atoms with Gasteiger partial charge in [0.2, 0.25) is 0 Å². The number of nitrogens with zero attached hydrogens (tertiary/aromatic N) is 2. The standard InChI is InChI=1S/C22H22N2O5/c1-28-11-10-24-21(26)17-8-7-16(13-18(17)22(24)27)20(25)23-9-12-29-19(14-23)15-5-3-2-4-6-15/h2-8,13,19H,9-12,14H2,1H3/t19-/m0/s1. The minimum Gasteiger partial charge on any atom is -0.383 e. The Morgan fingerprint density at radius 1 is 1.10 bits per heavy atom. The minimum absolute atomic E-state index is 0.173. The van der Waals surface area contributed by atoms with Crippen LogP contribution in [-0.4, -0.2) is 67.5 Å². The first-order valence-electron chi connectivity index (χ1n) is 9.55. The van der Waals surface area contributed by atoms with E-state index in [2.05, 4.69) is 0 Å². The van der Waals surface area contributed by atoms with Gasteiger partial charge in [0.25, 0.3) is 17.7 Å². The first kappa shape index (κ1) is 19.3. The lowest BCUT2D eigenvalue weighted by Crippen LogP contribution is -2.42. The summed E-state index contributed by atoms with van der Waals surface area (Å²) in [5, 5.41) is 0. The van der Waals surface area contributed by atoms with Crippen molar-refractivity contribution >= 4 is 17.7 Å². The molecule has 7 nitrogen and oxygen atoms in total. The van der Waals surface area contributed by atoms with E-state index in [0.717, 1.165) is 10.5 Å². The zero-order valence-electron chi connectivity index (χ0n) is 16.2. The van der Waals surface area contributed by atoms with Gasteiger partial charge in [-0.15, -0.1) is 0 Å². The molecule has 2 aromatic carbocycles. The van der Waals surface area contributed by atoms with Crippen LogP contribution < -0.4 is 0 Å². The van der Waals surface area contributed by atoms with E-state index in [1.54, 1.807) is 17.0 Å². The number of imide groups is 1. The largest absolute Gasteiger partial charge is 0.383 e. The van der Waals surface area contributed by atoms with E-state index in [9.17, 15) is 14.4 Å². The van der Waals surface area contributed by atoms with Gasteiger partial charge >= 0.3 is 0 Å². The summed E-state index contributed by atoms with van der Waals surface area (Å²) < 4.78 is 10.8. The normalized spacial score (nSPS) is 18.9. The van der Waals surface area contributed by atoms with Crippen LogP contribution in [0.3, 0.4) is 0 Å². The molecule has 2 aliphatic rings. The van der Waals surface area contributed by atoms with Crippen LogP contribution >= 0.6 is 0 Å². The molecular formula is C22H22N2O5. The van der Waals surface area contributed by atoms with Crippen molar-refractivity contribution in [1.82, 2.24) is 9.80 Å². The molecule has 0 aliphatic carbocycles. The van der Waals surface area contributed by atoms with Crippen molar-refractivity contribution in [2.75, 3.05) is 40.0 Å². The molecule has 7 heteroatoms. The highest BCUT2D eigenvalue weighted by Gasteiger charge is 2.36. The molecule has 2 heterocycles. The van der Waals surface area contributed by atoms with Crippen LogP contribution in [0, 0.1) is 0 Å². The molecule has 4 rings (SSSR count). The van der Waals surface area contributed by atoms with Gasteiger partial charge in [-0.25, -0.2) is 0 Å². The zero-order chi connectivity index (χ0) is 20.4. The molecular weight excluding hydrogens is 372 g/mol. The smallest absolute Gasteiger partial charge is 0.261 e. The molecule has 3 amide bonds. The van der Waals surface area contributed by atoms with E-state index in [4.69, 9.17) is 9.47 Å². The third-order valence-electron chi connectivity index (χ3n) is 5.26. The Balaban J connectivity index is 1.53. The third-order valence-corrected chi connectivity index (χ3v) is 5.26. The molecule has 29 heavy (non-hydrogen) atoms. The predicted molar refractivity (Wildman–Crippen MR) is 105 cm³/mol. The molecule has 1 fully saturated rings. The average Bonchev–Trinajstić information content (AvgIpc) is 3.01. The third kappa shape index (κ3) is 3.66. The Kier molecular flexibility index (Phi) is 5.42. The maximum Gasteiger partial charge on any atom is 0.261 e. The number of morpholine rings is 1. The number of rotatable bonds is 5. The van der Waals surface area contributed by atoms with Gasteiger partial charge in [-0.1, -0.05) is 30.3 Å². The lowest BCUT2D eigenvalue weighted by atomic mass is 10.0. The van der Waals surface area contributed by atoms with E-state index < -0.39 is 0 Å². The van der Waals surface area contributed by atoms with Crippen molar-refractivity contribution in [2.45, 2.75) is 6.10 Å². The van der Waals surface area contributed by atoms with Crippen LogP contribution in [0.15, 0.2) is 48.5 Å². The quantitative estimate of drug-likeness (QED) is 0.727. The van der Waals surface area contributed by atoms with E-state index in [1.807, 2.05) is 30.3 Å². The predicted octanol–water partition coefficient (Wildman–Crippen LogP) is 2.14. The lowest BCUT2D eigenvalue weighted by Gasteiger charge is -2.33. The summed E-state index contributed by atoms with van der Waals surface area (Å²) in [6.45, 7) is 1.82. The highest BCUT2D eigenvalue weighted by molar-refractivity contribution is 6.22. The summed E-state index contributed by atoms with van der Waals surface area (Å²) in [5.41, 5.74) is 2.01. The molecule has 0 radical (unpaired) electrons. The highest BCUT2D eigenvalue weighted by Crippen LogP contribution is 2.26. The van der Waals surface area contributed by atoms with Crippen LogP contribution in [0.5, 0.6) is 0 Å². The molecule has 1 saturated heterocycles. The summed E-state index contributed by atoms with van der Waals surface area (Å²) in [6.07, 6.45) is -0.184. The van der Waals surface area contributed by atoms with Crippen LogP contribution in [0.25, 0.3) is 0 Å². The summed E-state index contributed by atoms with van der Waals surface area (Å²) in [6, 6.07) is 14.5. The first-order valence-corrected chi connectivity index (χ1v) is 9.55. The van der Waals surface area contributed by atoms with Crippen molar-refractivity contribution in [3.05, 3.63) is 70.8 Å². The SMILES string of the molecule is COCCN1C(=O)c2ccc(C(=O)N3CCO[C@H](c4ccccc4)C3)cc2C1=O. The van der Waals surface area contributed by atoms with Gasteiger partial charge in [-0.3, -0.25) is 19.3 Å². The number of carbonyl (C=O) groups is 3. The Morgan fingerprint density at radius 2 is 1.86 bits per heavy atom. The summed E-state index contributed by atoms with van der Waals surface area (Å²) in [4.78, 5) is 41.0. The highest BCUT2D eigenvalue weighted by atomic mass is 16.5. The van der Waals surface area contributed by atoms with Crippen molar-refractivity contribution in [2.24, 2.45) is 0 Å². The molecule has 0 N–H and O–H groups in total. The van der Waals surface area contributed by atoms with E-state index in [-0.39, 0.29) is 42.5 Å². The van der Waals surface area contributed by atoms with E-state index in [1.165, 1.54) is 13.2 Å². The maximum atomic E-state index is 13.1. The van der Waals surface area contributed by atoms with Gasteiger partial charge in [0.15, 0.2) is 0 Å². The van der Waals surface area contributed by atoms with Crippen molar-refractivity contribution < 1.29 is 23.9 Å². The van der Waals surface area contributed by atoms with E-state index in [0.29, 0.717) is 30.8 Å². The van der Waals surface area contributed by atoms with Gasteiger partial charge in [0.05, 0.1) is 37.4 Å². The fourth-order valence-electron chi connectivity index (χ4n) is 3.70. The van der Waals surface area contributed by atoms with Gasteiger partial charge in [0.1, 0.15) is 6.10 Å². The molecule has 0 spiro atoms. The zero-order valence-corrected chi connectivity index (χ0v) is 16.2. The molecule has 0 bridgehead atoms. The van der Waals surface area contributed by atoms with Crippen LogP contribution in [-0.2, 0) is 9.47 Å². The fraction of sp³-hybridized carbons (Fsp3) is 0.318. The first-order chi connectivity index (χ1) is 14.1. The van der Waals surface area contributed by atoms with Gasteiger partial charge in [-0.2, -0.15) is 0 Å². The van der Waals surface area contributed by atoms with E-state index >= 15 is 0 Å². The van der Waals surface area contributed by atoms with Crippen molar-refractivity contribution in [3.63, 3.8) is 0 Å². The summed E-state index contributed by atoms with van der Waals surface area (Å²) in [5.74, 6) is -0.912. The maximum absolute atomic E-state index is 13.1. The molecule has 2 aliphatic heterocycles. The molecule has 150 valence electrons. The number of carbonyl (C=O) groups excluding carboxylic acids is 3. The number of benzene rings is 2. The summed E-state index contributed by atoms with van der Waals surface area (Å²) >= 11 is 0. The Bertz CT molecular complexity index is 943. The number of methoxy groups -OCH3 is 1. The topological polar surface area (TPSA) is 76.2 Å². The lowest BCUT2D eigenvalue weighted by molar-refractivity contribution is -0.0228. The number of hydrogen-bond donors (Lipinski definition) is 0. The fourth-order valence-corrected chi connectivity index (χ4v) is 3.70. The Labute approximate surface area is 168 Å². The van der Waals surface area contributed by atoms with Crippen LogP contribution in [0.2, 0.25) is 0 Å². The van der Waals surface area contributed by atoms with Crippen LogP contribution in [0.1, 0.15) is 42.7 Å². The van der Waals surface area contributed by atoms with Gasteiger partial charge in [-0.05, 0) is 23.8 Å². The summed E-state index contributed by atoms with van der Waals surface area (Å²) in [7, 11) is 1.51. The second kappa shape index (κ2) is 8.14. The Hall–Kier alpha value is -3.03. The number of ether oxygens (including phenoxy) is 2. The molecule has 2 aromatic rings. The molecule has 0 aromatic heterocycles. The molecule has 0 unspecified atom stereocenters. The minimum atomic E-state index is -0.388.